The number of nitrogens with one attached hydrogen (secondary N) is 3. The van der Waals surface area contributed by atoms with Crippen LogP contribution in [-0.2, 0) is 5.88 Å². The average Bonchev–Trinajstić information content (AvgIpc) is 2.98. The second-order valence-electron chi connectivity index (χ2n) is 5.60. The summed E-state index contributed by atoms with van der Waals surface area (Å²) in [5, 5.41) is 19.9. The zero-order chi connectivity index (χ0) is 18.2. The minimum atomic E-state index is -0.943. The number of carboxylic acid groups (broad SMARTS) is 1. The van der Waals surface area contributed by atoms with Crippen molar-refractivity contribution >= 4 is 23.6 Å². The lowest BCUT2D eigenvalue weighted by Gasteiger charge is -2.48. The maximum Gasteiger partial charge on any atom is 0.404 e. The molecule has 1 saturated heterocycles. The van der Waals surface area contributed by atoms with Gasteiger partial charge in [-0.3, -0.25) is 4.79 Å². The maximum atomic E-state index is 10.9. The first-order valence-corrected chi connectivity index (χ1v) is 7.96. The van der Waals surface area contributed by atoms with Gasteiger partial charge in [-0.05, 0) is 20.5 Å². The van der Waals surface area contributed by atoms with Crippen LogP contribution in [0.1, 0.15) is 22.7 Å². The molecule has 9 nitrogen and oxygen atoms in total. The number of rotatable bonds is 6. The molecule has 0 aromatic carbocycles. The minimum Gasteiger partial charge on any atom is -0.465 e. The fourth-order valence-electron chi connectivity index (χ4n) is 2.14. The fraction of sp³-hybridized carbons (Fsp3) is 0.643. The highest BCUT2D eigenvalue weighted by Crippen LogP contribution is 2.20. The maximum absolute atomic E-state index is 10.9. The van der Waals surface area contributed by atoms with Gasteiger partial charge in [0.1, 0.15) is 0 Å². The highest BCUT2D eigenvalue weighted by Gasteiger charge is 2.38. The van der Waals surface area contributed by atoms with Crippen LogP contribution < -0.4 is 16.0 Å². The molecule has 0 atom stereocenters. The predicted octanol–water partition coefficient (Wildman–Crippen LogP) is 0.321. The number of halogens is 1. The van der Waals surface area contributed by atoms with E-state index in [1.165, 1.54) is 13.1 Å². The summed E-state index contributed by atoms with van der Waals surface area (Å²) in [4.78, 5) is 23.2. The number of carbonyl (C=O) groups excluding carboxylic acids is 1. The number of carbonyl (C=O) groups is 2. The molecule has 136 valence electrons. The van der Waals surface area contributed by atoms with E-state index in [0.717, 1.165) is 19.5 Å². The summed E-state index contributed by atoms with van der Waals surface area (Å²) in [6.07, 6.45) is -0.0829. The molecule has 1 aromatic rings. The monoisotopic (exact) mass is 361 g/mol. The van der Waals surface area contributed by atoms with Crippen molar-refractivity contribution in [3.63, 3.8) is 0 Å². The molecule has 1 aliphatic rings. The van der Waals surface area contributed by atoms with Crippen LogP contribution in [0.4, 0.5) is 4.79 Å². The van der Waals surface area contributed by atoms with Crippen molar-refractivity contribution in [3.05, 3.63) is 17.5 Å². The standard InChI is InChI=1S/C8H17N3O2.C6H7ClN2O2/c1-11(2)8(5-9-6-8)3-4-10-7(12)13;1-8-6(10)5-2-4(3-7)11-9-5/h9-10H,3-6H2,1-2H3,(H,12,13);2H,3H2,1H3,(H,8,10). The van der Waals surface area contributed by atoms with Gasteiger partial charge < -0.3 is 30.5 Å². The van der Waals surface area contributed by atoms with Gasteiger partial charge in [-0.2, -0.15) is 0 Å². The Hall–Kier alpha value is -1.84. The molecule has 2 heterocycles. The zero-order valence-corrected chi connectivity index (χ0v) is 14.8. The largest absolute Gasteiger partial charge is 0.465 e. The molecular formula is C14H24ClN5O4. The van der Waals surface area contributed by atoms with E-state index in [9.17, 15) is 9.59 Å². The molecule has 2 rings (SSSR count). The quantitative estimate of drug-likeness (QED) is 0.538. The summed E-state index contributed by atoms with van der Waals surface area (Å²) in [6, 6.07) is 1.51. The summed E-state index contributed by atoms with van der Waals surface area (Å²) in [5.74, 6) is 0.444. The number of nitrogens with zero attached hydrogens (tertiary/aromatic N) is 2. The van der Waals surface area contributed by atoms with Crippen LogP contribution in [0.15, 0.2) is 10.6 Å². The van der Waals surface area contributed by atoms with Crippen LogP contribution in [-0.4, -0.2) is 73.5 Å². The van der Waals surface area contributed by atoms with E-state index in [1.54, 1.807) is 0 Å². The molecule has 0 spiro atoms. The molecule has 0 aliphatic carbocycles. The molecule has 4 N–H and O–H groups in total. The molecule has 24 heavy (non-hydrogen) atoms. The number of amides is 2. The molecule has 0 unspecified atom stereocenters. The molecule has 1 aromatic heterocycles. The van der Waals surface area contributed by atoms with Crippen LogP contribution in [0.5, 0.6) is 0 Å². The second-order valence-corrected chi connectivity index (χ2v) is 5.86. The minimum absolute atomic E-state index is 0.155. The van der Waals surface area contributed by atoms with Gasteiger partial charge in [0.2, 0.25) is 0 Å². The highest BCUT2D eigenvalue weighted by molar-refractivity contribution is 6.16. The Labute approximate surface area is 145 Å². The van der Waals surface area contributed by atoms with Crippen molar-refractivity contribution < 1.29 is 19.2 Å². The molecule has 1 fully saturated rings. The third-order valence-electron chi connectivity index (χ3n) is 3.87. The van der Waals surface area contributed by atoms with E-state index in [2.05, 4.69) is 26.0 Å². The van der Waals surface area contributed by atoms with Crippen LogP contribution in [0.2, 0.25) is 0 Å². The Kier molecular flexibility index (Phi) is 7.96. The van der Waals surface area contributed by atoms with E-state index in [-0.39, 0.29) is 23.0 Å². The van der Waals surface area contributed by atoms with Crippen molar-refractivity contribution in [2.24, 2.45) is 0 Å². The summed E-state index contributed by atoms with van der Waals surface area (Å²) < 4.78 is 4.69. The van der Waals surface area contributed by atoms with Crippen LogP contribution in [0.25, 0.3) is 0 Å². The van der Waals surface area contributed by atoms with E-state index < -0.39 is 6.09 Å². The van der Waals surface area contributed by atoms with E-state index >= 15 is 0 Å². The van der Waals surface area contributed by atoms with Crippen LogP contribution in [0.3, 0.4) is 0 Å². The topological polar surface area (TPSA) is 120 Å². The Bertz CT molecular complexity index is 545. The zero-order valence-electron chi connectivity index (χ0n) is 14.1. The number of aromatic nitrogens is 1. The van der Waals surface area contributed by atoms with Gasteiger partial charge >= 0.3 is 6.09 Å². The van der Waals surface area contributed by atoms with Crippen molar-refractivity contribution in [1.29, 1.82) is 0 Å². The second kappa shape index (κ2) is 9.45. The molecule has 0 radical (unpaired) electrons. The Balaban J connectivity index is 0.000000243. The van der Waals surface area contributed by atoms with Crippen molar-refractivity contribution in [2.75, 3.05) is 40.8 Å². The highest BCUT2D eigenvalue weighted by atomic mass is 35.5. The first kappa shape index (κ1) is 20.2. The van der Waals surface area contributed by atoms with E-state index in [1.807, 2.05) is 14.1 Å². The van der Waals surface area contributed by atoms with Gasteiger partial charge in [0.15, 0.2) is 11.5 Å². The summed E-state index contributed by atoms with van der Waals surface area (Å²) in [5.41, 5.74) is 0.408. The summed E-state index contributed by atoms with van der Waals surface area (Å²) in [6.45, 7) is 2.41. The van der Waals surface area contributed by atoms with Gasteiger partial charge in [0.05, 0.1) is 5.88 Å². The molecular weight excluding hydrogens is 338 g/mol. The average molecular weight is 362 g/mol. The Morgan fingerprint density at radius 1 is 1.50 bits per heavy atom. The smallest absolute Gasteiger partial charge is 0.404 e. The molecule has 1 aliphatic heterocycles. The van der Waals surface area contributed by atoms with E-state index in [0.29, 0.717) is 12.3 Å². The molecule has 0 bridgehead atoms. The fourth-order valence-corrected chi connectivity index (χ4v) is 2.27. The Morgan fingerprint density at radius 2 is 2.17 bits per heavy atom. The molecule has 0 saturated carbocycles. The lowest BCUT2D eigenvalue weighted by Crippen LogP contribution is -2.67. The SMILES string of the molecule is CN(C)C1(CCNC(=O)O)CNC1.CNC(=O)c1cc(CCl)on1. The van der Waals surface area contributed by atoms with Crippen molar-refractivity contribution in [1.82, 2.24) is 26.0 Å². The third-order valence-corrected chi connectivity index (χ3v) is 4.14. The van der Waals surface area contributed by atoms with Gasteiger partial charge in [0.25, 0.3) is 5.91 Å². The number of hydrogen-bond donors (Lipinski definition) is 4. The van der Waals surface area contributed by atoms with Gasteiger partial charge in [0, 0.05) is 38.3 Å². The molecule has 2 amide bonds. The van der Waals surface area contributed by atoms with Gasteiger partial charge in [-0.25, -0.2) is 4.79 Å². The molecule has 10 heteroatoms. The summed E-state index contributed by atoms with van der Waals surface area (Å²) in [7, 11) is 5.58. The normalized spacial score (nSPS) is 15.0. The number of hydrogen-bond acceptors (Lipinski definition) is 6. The van der Waals surface area contributed by atoms with Gasteiger partial charge in [-0.1, -0.05) is 5.16 Å². The summed E-state index contributed by atoms with van der Waals surface area (Å²) >= 11 is 5.42. The number of likely N-dealkylation sites (N-methyl/N-ethyl adjacent to an activating group) is 1. The Morgan fingerprint density at radius 3 is 2.54 bits per heavy atom. The number of alkyl halides is 1. The first-order valence-electron chi connectivity index (χ1n) is 7.43. The lowest BCUT2D eigenvalue weighted by atomic mass is 9.87. The van der Waals surface area contributed by atoms with Crippen molar-refractivity contribution in [2.45, 2.75) is 17.8 Å². The third kappa shape index (κ3) is 5.66. The lowest BCUT2D eigenvalue weighted by molar-refractivity contribution is 0.0759. The van der Waals surface area contributed by atoms with Crippen LogP contribution >= 0.6 is 11.6 Å². The van der Waals surface area contributed by atoms with Crippen molar-refractivity contribution in [3.8, 4) is 0 Å². The van der Waals surface area contributed by atoms with Crippen LogP contribution in [0, 0.1) is 0 Å². The first-order chi connectivity index (χ1) is 11.3. The van der Waals surface area contributed by atoms with Gasteiger partial charge in [-0.15, -0.1) is 11.6 Å². The van der Waals surface area contributed by atoms with E-state index in [4.69, 9.17) is 21.2 Å². The predicted molar refractivity (Wildman–Crippen MR) is 89.4 cm³/mol.